The van der Waals surface area contributed by atoms with Gasteiger partial charge in [-0.05, 0) is 39.3 Å². The predicted octanol–water partition coefficient (Wildman–Crippen LogP) is 3.05. The smallest absolute Gasteiger partial charge is 0.191 e. The zero-order valence-electron chi connectivity index (χ0n) is 16.6. The summed E-state index contributed by atoms with van der Waals surface area (Å²) in [7, 11) is 1.81. The summed E-state index contributed by atoms with van der Waals surface area (Å²) in [6.45, 7) is 13.3. The van der Waals surface area contributed by atoms with Crippen LogP contribution in [0.3, 0.4) is 0 Å². The number of nitrogens with zero attached hydrogens (tertiary/aromatic N) is 2. The number of guanidine groups is 1. The van der Waals surface area contributed by atoms with Crippen LogP contribution < -0.4 is 10.6 Å². The summed E-state index contributed by atoms with van der Waals surface area (Å²) < 4.78 is 5.89. The molecule has 0 aromatic heterocycles. The van der Waals surface area contributed by atoms with E-state index >= 15 is 0 Å². The topological polar surface area (TPSA) is 48.9 Å². The van der Waals surface area contributed by atoms with E-state index in [2.05, 4.69) is 60.4 Å². The molecule has 2 N–H and O–H groups in total. The van der Waals surface area contributed by atoms with Crippen molar-refractivity contribution in [2.45, 2.75) is 46.3 Å². The van der Waals surface area contributed by atoms with Crippen LogP contribution in [0.5, 0.6) is 0 Å². The van der Waals surface area contributed by atoms with Gasteiger partial charge in [0.1, 0.15) is 0 Å². The summed E-state index contributed by atoms with van der Waals surface area (Å²) >= 11 is 0. The van der Waals surface area contributed by atoms with Gasteiger partial charge in [-0.3, -0.25) is 9.89 Å². The molecular formula is C20H36N4O. The molecule has 0 saturated heterocycles. The molecule has 1 atom stereocenters. The Balaban J connectivity index is 2.15. The van der Waals surface area contributed by atoms with Gasteiger partial charge in [0.2, 0.25) is 0 Å². The maximum absolute atomic E-state index is 5.89. The van der Waals surface area contributed by atoms with E-state index in [0.717, 1.165) is 45.2 Å². The van der Waals surface area contributed by atoms with Gasteiger partial charge in [0.15, 0.2) is 5.96 Å². The van der Waals surface area contributed by atoms with Crippen LogP contribution >= 0.6 is 0 Å². The molecule has 0 saturated carbocycles. The molecule has 1 aromatic rings. The van der Waals surface area contributed by atoms with Crippen LogP contribution in [-0.2, 0) is 4.74 Å². The van der Waals surface area contributed by atoms with Gasteiger partial charge in [0, 0.05) is 39.3 Å². The van der Waals surface area contributed by atoms with Crippen molar-refractivity contribution >= 4 is 5.96 Å². The Bertz CT molecular complexity index is 476. The molecule has 142 valence electrons. The van der Waals surface area contributed by atoms with Crippen LogP contribution in [0.15, 0.2) is 35.3 Å². The minimum Gasteiger partial charge on any atom is -0.374 e. The first-order chi connectivity index (χ1) is 12.1. The van der Waals surface area contributed by atoms with E-state index in [-0.39, 0.29) is 6.10 Å². The molecule has 0 aliphatic heterocycles. The van der Waals surface area contributed by atoms with Crippen LogP contribution in [-0.4, -0.2) is 56.7 Å². The molecule has 25 heavy (non-hydrogen) atoms. The first-order valence-corrected chi connectivity index (χ1v) is 9.43. The lowest BCUT2D eigenvalue weighted by atomic mass is 10.1. The molecule has 0 aliphatic carbocycles. The zero-order chi connectivity index (χ0) is 18.5. The Kier molecular flexibility index (Phi) is 10.9. The van der Waals surface area contributed by atoms with E-state index in [1.54, 1.807) is 0 Å². The number of hydrogen-bond donors (Lipinski definition) is 2. The molecule has 5 heteroatoms. The molecule has 5 nitrogen and oxygen atoms in total. The van der Waals surface area contributed by atoms with E-state index in [4.69, 9.17) is 4.74 Å². The normalized spacial score (nSPS) is 13.3. The minimum absolute atomic E-state index is 0.134. The largest absolute Gasteiger partial charge is 0.374 e. The number of aliphatic imine (C=N–C) groups is 1. The SMILES string of the molecule is CCN(CCNC(=NC)NCCCOC(C)c1ccccc1)C(C)C. The van der Waals surface area contributed by atoms with Crippen molar-refractivity contribution in [1.29, 1.82) is 0 Å². The summed E-state index contributed by atoms with van der Waals surface area (Å²) in [6, 6.07) is 10.9. The highest BCUT2D eigenvalue weighted by atomic mass is 16.5. The van der Waals surface area contributed by atoms with Gasteiger partial charge in [-0.1, -0.05) is 37.3 Å². The molecular weight excluding hydrogens is 312 g/mol. The lowest BCUT2D eigenvalue weighted by Gasteiger charge is -2.25. The van der Waals surface area contributed by atoms with Crippen molar-refractivity contribution in [3.05, 3.63) is 35.9 Å². The molecule has 0 amide bonds. The molecule has 0 spiro atoms. The van der Waals surface area contributed by atoms with Gasteiger partial charge >= 0.3 is 0 Å². The van der Waals surface area contributed by atoms with Gasteiger partial charge in [-0.25, -0.2) is 0 Å². The molecule has 1 aromatic carbocycles. The maximum atomic E-state index is 5.89. The van der Waals surface area contributed by atoms with Crippen LogP contribution in [0.25, 0.3) is 0 Å². The molecule has 0 bridgehead atoms. The molecule has 0 radical (unpaired) electrons. The Morgan fingerprint density at radius 2 is 1.80 bits per heavy atom. The number of hydrogen-bond acceptors (Lipinski definition) is 3. The fourth-order valence-corrected chi connectivity index (χ4v) is 2.68. The van der Waals surface area contributed by atoms with E-state index in [0.29, 0.717) is 6.04 Å². The lowest BCUT2D eigenvalue weighted by molar-refractivity contribution is 0.0646. The number of likely N-dealkylation sites (N-methyl/N-ethyl adjacent to an activating group) is 1. The summed E-state index contributed by atoms with van der Waals surface area (Å²) in [5.74, 6) is 0.857. The Labute approximate surface area is 153 Å². The van der Waals surface area contributed by atoms with E-state index in [1.807, 2.05) is 25.2 Å². The van der Waals surface area contributed by atoms with Gasteiger partial charge in [0.05, 0.1) is 6.10 Å². The van der Waals surface area contributed by atoms with E-state index < -0.39 is 0 Å². The highest BCUT2D eigenvalue weighted by Crippen LogP contribution is 2.15. The first kappa shape index (κ1) is 21.5. The molecule has 0 fully saturated rings. The Morgan fingerprint density at radius 1 is 1.12 bits per heavy atom. The number of ether oxygens (including phenoxy) is 1. The highest BCUT2D eigenvalue weighted by molar-refractivity contribution is 5.79. The average Bonchev–Trinajstić information content (AvgIpc) is 2.63. The van der Waals surface area contributed by atoms with Crippen molar-refractivity contribution in [2.75, 3.05) is 39.8 Å². The van der Waals surface area contributed by atoms with Crippen molar-refractivity contribution < 1.29 is 4.74 Å². The highest BCUT2D eigenvalue weighted by Gasteiger charge is 2.07. The molecule has 0 heterocycles. The van der Waals surface area contributed by atoms with Crippen LogP contribution in [0, 0.1) is 0 Å². The van der Waals surface area contributed by atoms with Gasteiger partial charge in [0.25, 0.3) is 0 Å². The third kappa shape index (κ3) is 8.89. The standard InChI is InChI=1S/C20H36N4O/c1-6-24(17(2)3)15-14-23-20(21-5)22-13-10-16-25-18(4)19-11-8-7-9-12-19/h7-9,11-12,17-18H,6,10,13-16H2,1-5H3,(H2,21,22,23). The summed E-state index contributed by atoms with van der Waals surface area (Å²) in [5.41, 5.74) is 1.22. The summed E-state index contributed by atoms with van der Waals surface area (Å²) in [4.78, 5) is 6.70. The second-order valence-electron chi connectivity index (χ2n) is 6.43. The third-order valence-corrected chi connectivity index (χ3v) is 4.30. The Hall–Kier alpha value is -1.59. The van der Waals surface area contributed by atoms with Gasteiger partial charge in [-0.15, -0.1) is 0 Å². The van der Waals surface area contributed by atoms with Crippen LogP contribution in [0.2, 0.25) is 0 Å². The molecule has 1 unspecified atom stereocenters. The third-order valence-electron chi connectivity index (χ3n) is 4.30. The average molecular weight is 349 g/mol. The molecule has 0 aliphatic rings. The van der Waals surface area contributed by atoms with Gasteiger partial charge in [-0.2, -0.15) is 0 Å². The summed E-state index contributed by atoms with van der Waals surface area (Å²) in [5, 5.41) is 6.72. The predicted molar refractivity (Wildman–Crippen MR) is 107 cm³/mol. The fourth-order valence-electron chi connectivity index (χ4n) is 2.68. The second kappa shape index (κ2) is 12.7. The molecule has 1 rings (SSSR count). The van der Waals surface area contributed by atoms with Crippen LogP contribution in [0.4, 0.5) is 0 Å². The minimum atomic E-state index is 0.134. The fraction of sp³-hybridized carbons (Fsp3) is 0.650. The lowest BCUT2D eigenvalue weighted by Crippen LogP contribution is -2.43. The van der Waals surface area contributed by atoms with Crippen molar-refractivity contribution in [2.24, 2.45) is 4.99 Å². The number of nitrogens with one attached hydrogen (secondary N) is 2. The Morgan fingerprint density at radius 3 is 2.40 bits per heavy atom. The van der Waals surface area contributed by atoms with Crippen molar-refractivity contribution in [3.63, 3.8) is 0 Å². The van der Waals surface area contributed by atoms with Crippen molar-refractivity contribution in [3.8, 4) is 0 Å². The van der Waals surface area contributed by atoms with E-state index in [9.17, 15) is 0 Å². The summed E-state index contributed by atoms with van der Waals surface area (Å²) in [6.07, 6.45) is 1.08. The second-order valence-corrected chi connectivity index (χ2v) is 6.43. The number of benzene rings is 1. The number of rotatable bonds is 11. The van der Waals surface area contributed by atoms with E-state index in [1.165, 1.54) is 5.56 Å². The maximum Gasteiger partial charge on any atom is 0.191 e. The van der Waals surface area contributed by atoms with Crippen molar-refractivity contribution in [1.82, 2.24) is 15.5 Å². The first-order valence-electron chi connectivity index (χ1n) is 9.43. The van der Waals surface area contributed by atoms with Crippen LogP contribution in [0.1, 0.15) is 45.8 Å². The zero-order valence-corrected chi connectivity index (χ0v) is 16.6. The quantitative estimate of drug-likeness (QED) is 0.367. The monoisotopic (exact) mass is 348 g/mol. The van der Waals surface area contributed by atoms with Gasteiger partial charge < -0.3 is 15.4 Å².